The molecule has 7 nitrogen and oxygen atoms in total. The van der Waals surface area contributed by atoms with Crippen molar-refractivity contribution in [3.63, 3.8) is 0 Å². The fourth-order valence-corrected chi connectivity index (χ4v) is 5.83. The van der Waals surface area contributed by atoms with Crippen LogP contribution in [-0.4, -0.2) is 38.2 Å². The highest BCUT2D eigenvalue weighted by Gasteiger charge is 2.31. The standard InChI is InChI=1S/C34H36FN3O4S/c1-2-37-43(41,42)31-20-15-27(16-21-31)17-22-32(39)38(25-28-13-18-30(35)19-14-28)33(29-11-7-4-8-12-29)34(40)36-24-23-26-9-5-3-6-10-26/h3-16,18-21,33,37H,2,17,22-25H2,1H3,(H,36,40). The molecule has 4 rings (SSSR count). The predicted octanol–water partition coefficient (Wildman–Crippen LogP) is 5.19. The molecule has 0 aromatic heterocycles. The number of nitrogens with one attached hydrogen (secondary N) is 2. The number of hydrogen-bond donors (Lipinski definition) is 2. The monoisotopic (exact) mass is 601 g/mol. The van der Waals surface area contributed by atoms with Gasteiger partial charge < -0.3 is 10.2 Å². The van der Waals surface area contributed by atoms with Gasteiger partial charge in [0.05, 0.1) is 4.90 Å². The van der Waals surface area contributed by atoms with Crippen LogP contribution in [0.5, 0.6) is 0 Å². The minimum absolute atomic E-state index is 0.0845. The van der Waals surface area contributed by atoms with Crippen LogP contribution in [0, 0.1) is 5.82 Å². The van der Waals surface area contributed by atoms with Crippen LogP contribution >= 0.6 is 0 Å². The van der Waals surface area contributed by atoms with Crippen molar-refractivity contribution in [1.82, 2.24) is 14.9 Å². The first-order valence-electron chi connectivity index (χ1n) is 14.3. The molecule has 0 radical (unpaired) electrons. The number of hydrogen-bond acceptors (Lipinski definition) is 4. The Balaban J connectivity index is 1.56. The van der Waals surface area contributed by atoms with Crippen molar-refractivity contribution >= 4 is 21.8 Å². The van der Waals surface area contributed by atoms with Gasteiger partial charge in [-0.15, -0.1) is 0 Å². The first-order valence-corrected chi connectivity index (χ1v) is 15.7. The third-order valence-corrected chi connectivity index (χ3v) is 8.57. The molecule has 0 bridgehead atoms. The second-order valence-corrected chi connectivity index (χ2v) is 11.9. The maximum atomic E-state index is 13.9. The number of carbonyl (C=O) groups excluding carboxylic acids is 2. The molecule has 4 aromatic rings. The van der Waals surface area contributed by atoms with Crippen molar-refractivity contribution in [1.29, 1.82) is 0 Å². The van der Waals surface area contributed by atoms with Gasteiger partial charge >= 0.3 is 0 Å². The fraction of sp³-hybridized carbons (Fsp3) is 0.235. The van der Waals surface area contributed by atoms with E-state index in [1.54, 1.807) is 31.2 Å². The SMILES string of the molecule is CCNS(=O)(=O)c1ccc(CCC(=O)N(Cc2ccc(F)cc2)C(C(=O)NCCc2ccccc2)c2ccccc2)cc1. The molecule has 0 saturated heterocycles. The van der Waals surface area contributed by atoms with Gasteiger partial charge in [-0.05, 0) is 59.4 Å². The van der Waals surface area contributed by atoms with E-state index in [9.17, 15) is 22.4 Å². The van der Waals surface area contributed by atoms with Crippen molar-refractivity contribution in [2.24, 2.45) is 0 Å². The summed E-state index contributed by atoms with van der Waals surface area (Å²) in [7, 11) is -3.58. The highest BCUT2D eigenvalue weighted by atomic mass is 32.2. The van der Waals surface area contributed by atoms with Crippen LogP contribution in [0.4, 0.5) is 4.39 Å². The molecule has 0 spiro atoms. The largest absolute Gasteiger partial charge is 0.354 e. The molecule has 2 amide bonds. The maximum Gasteiger partial charge on any atom is 0.247 e. The number of carbonyl (C=O) groups is 2. The van der Waals surface area contributed by atoms with E-state index >= 15 is 0 Å². The summed E-state index contributed by atoms with van der Waals surface area (Å²) in [5.74, 6) is -0.962. The Morgan fingerprint density at radius 3 is 1.98 bits per heavy atom. The molecule has 2 N–H and O–H groups in total. The van der Waals surface area contributed by atoms with E-state index in [2.05, 4.69) is 10.0 Å². The van der Waals surface area contributed by atoms with Gasteiger partial charge in [0.2, 0.25) is 21.8 Å². The van der Waals surface area contributed by atoms with Crippen LogP contribution in [0.2, 0.25) is 0 Å². The van der Waals surface area contributed by atoms with Crippen molar-refractivity contribution in [2.45, 2.75) is 43.7 Å². The van der Waals surface area contributed by atoms with E-state index in [1.807, 2.05) is 60.7 Å². The van der Waals surface area contributed by atoms with E-state index in [0.717, 1.165) is 11.1 Å². The van der Waals surface area contributed by atoms with Crippen molar-refractivity contribution in [3.8, 4) is 0 Å². The van der Waals surface area contributed by atoms with Crippen molar-refractivity contribution in [2.75, 3.05) is 13.1 Å². The summed E-state index contributed by atoms with van der Waals surface area (Å²) >= 11 is 0. The van der Waals surface area contributed by atoms with Gasteiger partial charge in [-0.2, -0.15) is 0 Å². The summed E-state index contributed by atoms with van der Waals surface area (Å²) < 4.78 is 40.7. The lowest BCUT2D eigenvalue weighted by Gasteiger charge is -2.32. The predicted molar refractivity (Wildman–Crippen MR) is 165 cm³/mol. The first kappa shape index (κ1) is 31.6. The number of halogens is 1. The second kappa shape index (κ2) is 15.2. The topological polar surface area (TPSA) is 95.6 Å². The van der Waals surface area contributed by atoms with Crippen LogP contribution in [0.1, 0.15) is 41.6 Å². The lowest BCUT2D eigenvalue weighted by Crippen LogP contribution is -2.44. The number of aryl methyl sites for hydroxylation is 1. The third kappa shape index (κ3) is 9.07. The van der Waals surface area contributed by atoms with E-state index in [1.165, 1.54) is 29.2 Å². The molecule has 0 fully saturated rings. The van der Waals surface area contributed by atoms with E-state index in [-0.39, 0.29) is 42.0 Å². The Kier molecular flexibility index (Phi) is 11.2. The molecule has 0 heterocycles. The maximum absolute atomic E-state index is 13.9. The Morgan fingerprint density at radius 1 is 0.767 bits per heavy atom. The van der Waals surface area contributed by atoms with Gasteiger partial charge in [-0.25, -0.2) is 17.5 Å². The molecule has 9 heteroatoms. The van der Waals surface area contributed by atoms with Gasteiger partial charge in [-0.1, -0.05) is 91.9 Å². The normalized spacial score (nSPS) is 12.0. The van der Waals surface area contributed by atoms with Crippen LogP contribution in [-0.2, 0) is 39.0 Å². The molecular weight excluding hydrogens is 565 g/mol. The van der Waals surface area contributed by atoms with Gasteiger partial charge in [0, 0.05) is 26.1 Å². The molecule has 0 saturated carbocycles. The summed E-state index contributed by atoms with van der Waals surface area (Å²) in [6.07, 6.45) is 1.07. The van der Waals surface area contributed by atoms with Crippen molar-refractivity contribution < 1.29 is 22.4 Å². The fourth-order valence-electron chi connectivity index (χ4n) is 4.79. The quantitative estimate of drug-likeness (QED) is 0.208. The number of benzene rings is 4. The van der Waals surface area contributed by atoms with Gasteiger partial charge in [0.15, 0.2) is 0 Å². The van der Waals surface area contributed by atoms with Crippen LogP contribution in [0.3, 0.4) is 0 Å². The van der Waals surface area contributed by atoms with E-state index in [4.69, 9.17) is 0 Å². The zero-order chi connectivity index (χ0) is 30.7. The summed E-state index contributed by atoms with van der Waals surface area (Å²) in [5, 5.41) is 3.01. The number of nitrogens with zero attached hydrogens (tertiary/aromatic N) is 1. The van der Waals surface area contributed by atoms with Crippen LogP contribution in [0.25, 0.3) is 0 Å². The molecule has 43 heavy (non-hydrogen) atoms. The Hall–Kier alpha value is -4.34. The van der Waals surface area contributed by atoms with Crippen LogP contribution in [0.15, 0.2) is 114 Å². The number of sulfonamides is 1. The van der Waals surface area contributed by atoms with E-state index in [0.29, 0.717) is 30.5 Å². The van der Waals surface area contributed by atoms with Crippen molar-refractivity contribution in [3.05, 3.63) is 137 Å². The molecule has 0 aliphatic heterocycles. The molecular formula is C34H36FN3O4S. The average molecular weight is 602 g/mol. The summed E-state index contributed by atoms with van der Waals surface area (Å²) in [6.45, 7) is 2.49. The van der Waals surface area contributed by atoms with E-state index < -0.39 is 16.1 Å². The van der Waals surface area contributed by atoms with Gasteiger partial charge in [0.1, 0.15) is 11.9 Å². The number of rotatable bonds is 14. The average Bonchev–Trinajstić information content (AvgIpc) is 3.02. The molecule has 0 aliphatic rings. The summed E-state index contributed by atoms with van der Waals surface area (Å²) in [5.41, 5.74) is 3.22. The lowest BCUT2D eigenvalue weighted by atomic mass is 10.0. The minimum Gasteiger partial charge on any atom is -0.354 e. The highest BCUT2D eigenvalue weighted by Crippen LogP contribution is 2.25. The molecule has 1 atom stereocenters. The summed E-state index contributed by atoms with van der Waals surface area (Å²) in [6, 6.07) is 30.3. The zero-order valence-corrected chi connectivity index (χ0v) is 24.9. The highest BCUT2D eigenvalue weighted by molar-refractivity contribution is 7.89. The van der Waals surface area contributed by atoms with Gasteiger partial charge in [0.25, 0.3) is 0 Å². The Bertz CT molecular complexity index is 1580. The molecule has 4 aromatic carbocycles. The smallest absolute Gasteiger partial charge is 0.247 e. The van der Waals surface area contributed by atoms with Gasteiger partial charge in [-0.3, -0.25) is 9.59 Å². The third-order valence-electron chi connectivity index (χ3n) is 7.01. The zero-order valence-electron chi connectivity index (χ0n) is 24.1. The van der Waals surface area contributed by atoms with Crippen LogP contribution < -0.4 is 10.0 Å². The summed E-state index contributed by atoms with van der Waals surface area (Å²) in [4.78, 5) is 29.3. The Morgan fingerprint density at radius 2 is 1.35 bits per heavy atom. The molecule has 1 unspecified atom stereocenters. The minimum atomic E-state index is -3.58. The first-order chi connectivity index (χ1) is 20.8. The lowest BCUT2D eigenvalue weighted by molar-refractivity contribution is -0.141. The molecule has 0 aliphatic carbocycles. The second-order valence-electron chi connectivity index (χ2n) is 10.1. The number of amides is 2. The Labute approximate surface area is 252 Å². The molecule has 224 valence electrons.